The van der Waals surface area contributed by atoms with Crippen LogP contribution < -0.4 is 0 Å². The van der Waals surface area contributed by atoms with Crippen LogP contribution in [-0.2, 0) is 14.3 Å². The van der Waals surface area contributed by atoms with Crippen molar-refractivity contribution < 1.29 is 50.9 Å². The molecule has 0 bridgehead atoms. The third-order valence-electron chi connectivity index (χ3n) is 1.70. The summed E-state index contributed by atoms with van der Waals surface area (Å²) < 4.78 is 70.4. The second kappa shape index (κ2) is 7.29. The van der Waals surface area contributed by atoms with Crippen LogP contribution in [0.3, 0.4) is 0 Å². The lowest BCUT2D eigenvalue weighted by molar-refractivity contribution is -0.231. The fourth-order valence-electron chi connectivity index (χ4n) is 0.374. The number of carboxylic acid groups (broad SMARTS) is 2. The second-order valence-corrected chi connectivity index (χ2v) is 3.88. The fourth-order valence-corrected chi connectivity index (χ4v) is 0.374. The summed E-state index contributed by atoms with van der Waals surface area (Å²) in [5.74, 6) is -6.62. The van der Waals surface area contributed by atoms with Gasteiger partial charge < -0.3 is 10.2 Å². The lowest BCUT2D eigenvalue weighted by atomic mass is 10.4. The zero-order chi connectivity index (χ0) is 18.5. The van der Waals surface area contributed by atoms with Crippen LogP contribution >= 0.6 is 0 Å². The smallest absolute Gasteiger partial charge is 0.458 e. The average Bonchev–Trinajstić information content (AvgIpc) is 2.80. The van der Waals surface area contributed by atoms with E-state index in [2.05, 4.69) is 17.9 Å². The Balaban J connectivity index is 0. The molecular weight excluding hydrogens is 326 g/mol. The SMILES string of the molecule is C=C(C)C(=O)O.C=C(C)C(=O)O.FC(F)(F)C1(F)OC1(F)F. The van der Waals surface area contributed by atoms with Crippen molar-refractivity contribution in [3.05, 3.63) is 24.3 Å². The molecule has 1 heterocycles. The minimum absolute atomic E-state index is 0.176. The molecule has 22 heavy (non-hydrogen) atoms. The Morgan fingerprint density at radius 2 is 1.14 bits per heavy atom. The van der Waals surface area contributed by atoms with E-state index in [-0.39, 0.29) is 11.1 Å². The highest BCUT2D eigenvalue weighted by molar-refractivity contribution is 5.85. The molecular formula is C11H12F6O5. The van der Waals surface area contributed by atoms with Crippen molar-refractivity contribution in [1.29, 1.82) is 0 Å². The minimum atomic E-state index is -5.66. The van der Waals surface area contributed by atoms with Gasteiger partial charge in [-0.1, -0.05) is 13.2 Å². The molecule has 1 rings (SSSR count). The van der Waals surface area contributed by atoms with Crippen LogP contribution in [-0.4, -0.2) is 40.3 Å². The van der Waals surface area contributed by atoms with E-state index >= 15 is 0 Å². The van der Waals surface area contributed by atoms with Crippen molar-refractivity contribution in [1.82, 2.24) is 0 Å². The normalized spacial score (nSPS) is 21.3. The summed E-state index contributed by atoms with van der Waals surface area (Å²) in [7, 11) is 0. The zero-order valence-corrected chi connectivity index (χ0v) is 11.3. The molecule has 1 aliphatic heterocycles. The molecule has 0 aromatic heterocycles. The first-order valence-electron chi connectivity index (χ1n) is 5.10. The van der Waals surface area contributed by atoms with E-state index < -0.39 is 30.1 Å². The van der Waals surface area contributed by atoms with Gasteiger partial charge in [-0.2, -0.15) is 26.3 Å². The lowest BCUT2D eigenvalue weighted by Crippen LogP contribution is -2.32. The molecule has 0 spiro atoms. The van der Waals surface area contributed by atoms with Crippen molar-refractivity contribution in [2.45, 2.75) is 32.0 Å². The molecule has 0 aromatic rings. The fraction of sp³-hybridized carbons (Fsp3) is 0.455. The maximum absolute atomic E-state index is 11.7. The predicted octanol–water partition coefficient (Wildman–Crippen LogP) is 3.13. The van der Waals surface area contributed by atoms with Gasteiger partial charge in [0.2, 0.25) is 0 Å². The molecule has 1 unspecified atom stereocenters. The number of rotatable bonds is 2. The van der Waals surface area contributed by atoms with Crippen molar-refractivity contribution in [2.75, 3.05) is 0 Å². The van der Waals surface area contributed by atoms with Crippen LogP contribution in [0.4, 0.5) is 26.3 Å². The Morgan fingerprint density at radius 3 is 1.14 bits per heavy atom. The Hall–Kier alpha value is -2.04. The topological polar surface area (TPSA) is 87.1 Å². The number of carbonyl (C=O) groups is 2. The summed E-state index contributed by atoms with van der Waals surface area (Å²) in [6.45, 7) is 9.20. The molecule has 0 aliphatic carbocycles. The highest BCUT2D eigenvalue weighted by atomic mass is 19.4. The van der Waals surface area contributed by atoms with Crippen molar-refractivity contribution in [3.63, 3.8) is 0 Å². The van der Waals surface area contributed by atoms with Gasteiger partial charge in [-0.3, -0.25) is 4.74 Å². The van der Waals surface area contributed by atoms with E-state index in [9.17, 15) is 35.9 Å². The van der Waals surface area contributed by atoms with E-state index in [1.807, 2.05) is 0 Å². The highest BCUT2D eigenvalue weighted by Gasteiger charge is 2.90. The van der Waals surface area contributed by atoms with Crippen molar-refractivity contribution in [3.8, 4) is 0 Å². The van der Waals surface area contributed by atoms with Crippen LogP contribution in [0.2, 0.25) is 0 Å². The number of epoxide rings is 1. The standard InChI is InChI=1S/2C4H6O2.C3F6O/c2*1-3(2)4(5)6;4-1(2(5,6)7)3(8,9)10-1/h2*1H2,2H3,(H,5,6);. The number of aliphatic carboxylic acids is 2. The van der Waals surface area contributed by atoms with Gasteiger partial charge in [0.15, 0.2) is 0 Å². The van der Waals surface area contributed by atoms with E-state index in [4.69, 9.17) is 10.2 Å². The van der Waals surface area contributed by atoms with Crippen molar-refractivity contribution in [2.24, 2.45) is 0 Å². The average molecular weight is 338 g/mol. The Morgan fingerprint density at radius 1 is 0.955 bits per heavy atom. The maximum atomic E-state index is 11.7. The summed E-state index contributed by atoms with van der Waals surface area (Å²) in [6, 6.07) is 0. The van der Waals surface area contributed by atoms with Gasteiger partial charge in [0.25, 0.3) is 0 Å². The summed E-state index contributed by atoms with van der Waals surface area (Å²) in [5, 5.41) is 15.8. The number of hydrogen-bond donors (Lipinski definition) is 2. The molecule has 1 atom stereocenters. The predicted molar refractivity (Wildman–Crippen MR) is 60.8 cm³/mol. The number of carboxylic acids is 2. The molecule has 2 N–H and O–H groups in total. The molecule has 1 saturated heterocycles. The van der Waals surface area contributed by atoms with Gasteiger partial charge in [-0.05, 0) is 13.8 Å². The van der Waals surface area contributed by atoms with Crippen molar-refractivity contribution >= 4 is 11.9 Å². The Kier molecular flexibility index (Phi) is 7.37. The van der Waals surface area contributed by atoms with Gasteiger partial charge >= 0.3 is 30.1 Å². The molecule has 128 valence electrons. The van der Waals surface area contributed by atoms with Gasteiger partial charge in [0.1, 0.15) is 0 Å². The first-order chi connectivity index (χ1) is 9.49. The van der Waals surface area contributed by atoms with Crippen LogP contribution in [0.15, 0.2) is 24.3 Å². The van der Waals surface area contributed by atoms with E-state index in [1.54, 1.807) is 0 Å². The summed E-state index contributed by atoms with van der Waals surface area (Å²) in [4.78, 5) is 19.2. The van der Waals surface area contributed by atoms with E-state index in [1.165, 1.54) is 13.8 Å². The summed E-state index contributed by atoms with van der Waals surface area (Å²) >= 11 is 0. The van der Waals surface area contributed by atoms with Crippen LogP contribution in [0.25, 0.3) is 0 Å². The molecule has 0 radical (unpaired) electrons. The van der Waals surface area contributed by atoms with Gasteiger partial charge in [0.05, 0.1) is 0 Å². The Bertz CT molecular complexity index is 422. The van der Waals surface area contributed by atoms with Gasteiger partial charge in [-0.15, -0.1) is 0 Å². The number of alkyl halides is 6. The molecule has 1 aliphatic rings. The van der Waals surface area contributed by atoms with Gasteiger partial charge in [0, 0.05) is 11.1 Å². The second-order valence-electron chi connectivity index (χ2n) is 3.88. The molecule has 1 fully saturated rings. The summed E-state index contributed by atoms with van der Waals surface area (Å²) in [6.07, 6.45) is -10.4. The minimum Gasteiger partial charge on any atom is -0.478 e. The van der Waals surface area contributed by atoms with E-state index in [0.29, 0.717) is 0 Å². The third-order valence-corrected chi connectivity index (χ3v) is 1.70. The maximum Gasteiger partial charge on any atom is 0.458 e. The van der Waals surface area contributed by atoms with Crippen LogP contribution in [0, 0.1) is 0 Å². The number of ether oxygens (including phenoxy) is 1. The number of hydrogen-bond acceptors (Lipinski definition) is 3. The van der Waals surface area contributed by atoms with Gasteiger partial charge in [-0.25, -0.2) is 9.59 Å². The Labute approximate surface area is 120 Å². The molecule has 0 aromatic carbocycles. The molecule has 0 amide bonds. The summed E-state index contributed by atoms with van der Waals surface area (Å²) in [5.41, 5.74) is 0.352. The highest BCUT2D eigenvalue weighted by Crippen LogP contribution is 2.60. The zero-order valence-electron chi connectivity index (χ0n) is 11.3. The van der Waals surface area contributed by atoms with Crippen LogP contribution in [0.5, 0.6) is 0 Å². The third kappa shape index (κ3) is 6.61. The lowest BCUT2D eigenvalue weighted by Gasteiger charge is -2.04. The molecule has 11 heteroatoms. The first-order valence-corrected chi connectivity index (χ1v) is 5.10. The molecule has 5 nitrogen and oxygen atoms in total. The monoisotopic (exact) mass is 338 g/mol. The largest absolute Gasteiger partial charge is 0.478 e. The molecule has 0 saturated carbocycles. The quantitative estimate of drug-likeness (QED) is 0.459. The van der Waals surface area contributed by atoms with E-state index in [0.717, 1.165) is 0 Å². The first kappa shape index (κ1) is 22.2. The number of halogens is 6. The van der Waals surface area contributed by atoms with Crippen LogP contribution in [0.1, 0.15) is 13.8 Å².